The fourth-order valence-electron chi connectivity index (χ4n) is 0. The Morgan fingerprint density at radius 3 is 2.20 bits per heavy atom. The van der Waals surface area contributed by atoms with E-state index in [2.05, 4.69) is 22.4 Å². The van der Waals surface area contributed by atoms with Crippen molar-refractivity contribution in [3.8, 4) is 12.3 Å². The Balaban J connectivity index is 2.94. The molecule has 0 saturated heterocycles. The molecule has 1 nitrogen and oxygen atoms in total. The molecule has 0 aromatic carbocycles. The summed E-state index contributed by atoms with van der Waals surface area (Å²) in [6, 6.07) is 0. The van der Waals surface area contributed by atoms with Gasteiger partial charge in [0, 0.05) is 0 Å². The lowest BCUT2D eigenvalue weighted by Gasteiger charge is -1.78. The van der Waals surface area contributed by atoms with Crippen LogP contribution in [0.5, 0.6) is 0 Å². The van der Waals surface area contributed by atoms with Crippen LogP contribution in [0, 0.1) is 12.3 Å². The molecule has 0 saturated carbocycles. The van der Waals surface area contributed by atoms with Gasteiger partial charge in [-0.25, -0.2) is 0 Å². The van der Waals surface area contributed by atoms with Crippen molar-refractivity contribution in [2.24, 2.45) is 0 Å². The molecule has 0 bridgehead atoms. The number of aliphatic hydroxyl groups is 1. The molecule has 0 fully saturated rings. The zero-order valence-electron chi connectivity index (χ0n) is 2.48. The summed E-state index contributed by atoms with van der Waals surface area (Å²) in [5, 5.41) is 7.27. The molecule has 1 N–H and O–H groups in total. The Kier molecular flexibility index (Phi) is 2.25. The van der Waals surface area contributed by atoms with Crippen molar-refractivity contribution in [3.63, 3.8) is 0 Å². The fourth-order valence-corrected chi connectivity index (χ4v) is 0. The van der Waals surface area contributed by atoms with Crippen molar-refractivity contribution in [1.82, 2.24) is 0 Å². The van der Waals surface area contributed by atoms with Gasteiger partial charge < -0.3 is 5.11 Å². The van der Waals surface area contributed by atoms with Crippen LogP contribution in [-0.4, -0.2) is 10.1 Å². The van der Waals surface area contributed by atoms with Gasteiger partial charge in [0.2, 0.25) is 0 Å². The van der Waals surface area contributed by atoms with E-state index in [-0.39, 0.29) is 0 Å². The first-order chi connectivity index (χ1) is 2.27. The third-order valence-electron chi connectivity index (χ3n) is 0.138. The minimum Gasteiger partial charge on any atom is -0.371 e. The first-order valence-electron chi connectivity index (χ1n) is 1.05. The van der Waals surface area contributed by atoms with Gasteiger partial charge in [0.15, 0.2) is 5.01 Å². The van der Waals surface area contributed by atoms with Gasteiger partial charge in [-0.3, -0.25) is 0 Å². The average molecular weight is 135 g/mol. The van der Waals surface area contributed by atoms with Gasteiger partial charge in [0.1, 0.15) is 0 Å². The van der Waals surface area contributed by atoms with Crippen molar-refractivity contribution in [1.29, 1.82) is 0 Å². The molecular formula is C3H3BrO. The van der Waals surface area contributed by atoms with Crippen molar-refractivity contribution in [2.45, 2.75) is 5.01 Å². The van der Waals surface area contributed by atoms with Crippen LogP contribution in [0.2, 0.25) is 0 Å². The minimum absolute atomic E-state index is 0.775. The van der Waals surface area contributed by atoms with Crippen molar-refractivity contribution in [3.05, 3.63) is 0 Å². The number of hydrogen-bond donors (Lipinski definition) is 1. The molecule has 28 valence electrons. The summed E-state index contributed by atoms with van der Waals surface area (Å²) in [6.07, 6.45) is 4.62. The molecule has 2 heteroatoms. The lowest BCUT2D eigenvalue weighted by atomic mass is 10.8. The molecule has 0 aromatic heterocycles. The topological polar surface area (TPSA) is 20.2 Å². The number of rotatable bonds is 0. The van der Waals surface area contributed by atoms with E-state index in [9.17, 15) is 0 Å². The smallest absolute Gasteiger partial charge is 0.170 e. The highest BCUT2D eigenvalue weighted by atomic mass is 79.9. The van der Waals surface area contributed by atoms with E-state index in [1.807, 2.05) is 5.92 Å². The molecule has 0 aliphatic rings. The number of aliphatic hydroxyl groups excluding tert-OH is 1. The van der Waals surface area contributed by atoms with Crippen LogP contribution in [0.4, 0.5) is 0 Å². The Labute approximate surface area is 39.1 Å². The highest BCUT2D eigenvalue weighted by Crippen LogP contribution is 1.85. The second-order valence-electron chi connectivity index (χ2n) is 0.502. The zero-order chi connectivity index (χ0) is 4.28. The molecule has 0 aliphatic heterocycles. The van der Waals surface area contributed by atoms with Crippen molar-refractivity contribution >= 4 is 15.9 Å². The lowest BCUT2D eigenvalue weighted by molar-refractivity contribution is 0.325. The molecule has 0 aromatic rings. The van der Waals surface area contributed by atoms with Gasteiger partial charge in [-0.1, -0.05) is 5.92 Å². The van der Waals surface area contributed by atoms with Gasteiger partial charge in [0.25, 0.3) is 0 Å². The van der Waals surface area contributed by atoms with E-state index in [0.717, 1.165) is 0 Å². The molecule has 5 heavy (non-hydrogen) atoms. The zero-order valence-corrected chi connectivity index (χ0v) is 4.07. The summed E-state index contributed by atoms with van der Waals surface area (Å²) >= 11 is 2.69. The highest BCUT2D eigenvalue weighted by molar-refractivity contribution is 9.09. The Morgan fingerprint density at radius 1 is 2.00 bits per heavy atom. The summed E-state index contributed by atoms with van der Waals surface area (Å²) in [4.78, 5) is 0. The number of terminal acetylenes is 1. The first-order valence-corrected chi connectivity index (χ1v) is 1.97. The number of hydrogen-bond acceptors (Lipinski definition) is 1. The molecule has 0 radical (unpaired) electrons. The van der Waals surface area contributed by atoms with E-state index in [4.69, 9.17) is 5.11 Å². The fraction of sp³-hybridized carbons (Fsp3) is 0.333. The van der Waals surface area contributed by atoms with Gasteiger partial charge >= 0.3 is 0 Å². The molecule has 1 atom stereocenters. The van der Waals surface area contributed by atoms with Gasteiger partial charge in [0.05, 0.1) is 0 Å². The van der Waals surface area contributed by atoms with Crippen LogP contribution in [0.1, 0.15) is 0 Å². The summed E-state index contributed by atoms with van der Waals surface area (Å²) in [5.41, 5.74) is 0. The van der Waals surface area contributed by atoms with Gasteiger partial charge in [-0.05, 0) is 15.9 Å². The lowest BCUT2D eigenvalue weighted by Crippen LogP contribution is -1.83. The summed E-state index contributed by atoms with van der Waals surface area (Å²) in [6.45, 7) is 0. The van der Waals surface area contributed by atoms with Crippen LogP contribution >= 0.6 is 15.9 Å². The van der Waals surface area contributed by atoms with Crippen LogP contribution in [0.25, 0.3) is 0 Å². The second kappa shape index (κ2) is 2.25. The van der Waals surface area contributed by atoms with E-state index < -0.39 is 5.01 Å². The van der Waals surface area contributed by atoms with E-state index in [1.54, 1.807) is 0 Å². The van der Waals surface area contributed by atoms with Crippen LogP contribution in [-0.2, 0) is 0 Å². The maximum absolute atomic E-state index is 8.04. The third-order valence-corrected chi connectivity index (χ3v) is 0.402. The third kappa shape index (κ3) is 4.00. The predicted molar refractivity (Wildman–Crippen MR) is 23.8 cm³/mol. The Bertz CT molecular complexity index is 52.4. The summed E-state index contributed by atoms with van der Waals surface area (Å²) in [7, 11) is 0. The molecular weight excluding hydrogens is 132 g/mol. The predicted octanol–water partition coefficient (Wildman–Crippen LogP) is 0.333. The quantitative estimate of drug-likeness (QED) is 0.375. The maximum Gasteiger partial charge on any atom is 0.170 e. The van der Waals surface area contributed by atoms with Gasteiger partial charge in [-0.15, -0.1) is 6.42 Å². The Morgan fingerprint density at radius 2 is 2.20 bits per heavy atom. The molecule has 0 amide bonds. The van der Waals surface area contributed by atoms with Crippen LogP contribution in [0.15, 0.2) is 0 Å². The highest BCUT2D eigenvalue weighted by Gasteiger charge is 1.78. The van der Waals surface area contributed by atoms with Gasteiger partial charge in [-0.2, -0.15) is 0 Å². The monoisotopic (exact) mass is 134 g/mol. The molecule has 0 spiro atoms. The van der Waals surface area contributed by atoms with Crippen molar-refractivity contribution < 1.29 is 5.11 Å². The van der Waals surface area contributed by atoms with E-state index in [0.29, 0.717) is 0 Å². The maximum atomic E-state index is 8.04. The molecule has 1 unspecified atom stereocenters. The minimum atomic E-state index is -0.775. The average Bonchev–Trinajstić information content (AvgIpc) is 1.38. The van der Waals surface area contributed by atoms with E-state index >= 15 is 0 Å². The first kappa shape index (κ1) is 5.00. The Hall–Kier alpha value is 0. The molecule has 0 heterocycles. The molecule has 0 rings (SSSR count). The summed E-state index contributed by atoms with van der Waals surface area (Å²) in [5.74, 6) is 2.00. The largest absolute Gasteiger partial charge is 0.371 e. The van der Waals surface area contributed by atoms with Crippen LogP contribution in [0.3, 0.4) is 0 Å². The standard InChI is InChI=1S/C3H3BrO/c1-2-3(4)5/h1,3,5H. The summed E-state index contributed by atoms with van der Waals surface area (Å²) < 4.78 is 0. The number of halogens is 1. The molecule has 0 aliphatic carbocycles. The SMILES string of the molecule is C#CC(O)Br. The van der Waals surface area contributed by atoms with E-state index in [1.165, 1.54) is 0 Å². The number of alkyl halides is 1. The second-order valence-corrected chi connectivity index (χ2v) is 1.37. The van der Waals surface area contributed by atoms with Crippen molar-refractivity contribution in [2.75, 3.05) is 0 Å². The normalized spacial score (nSPS) is 13.0. The van der Waals surface area contributed by atoms with Crippen LogP contribution < -0.4 is 0 Å².